The number of amidine groups is 1. The summed E-state index contributed by atoms with van der Waals surface area (Å²) in [4.78, 5) is 22.6. The van der Waals surface area contributed by atoms with E-state index in [1.165, 1.54) is 5.56 Å². The first kappa shape index (κ1) is 21.5. The van der Waals surface area contributed by atoms with E-state index in [4.69, 9.17) is 16.1 Å². The molecule has 1 aromatic heterocycles. The largest absolute Gasteiger partial charge is 0.384 e. The number of carbonyl (C=O) groups is 1. The number of nitrogens with zero attached hydrogens (tertiary/aromatic N) is 4. The van der Waals surface area contributed by atoms with Gasteiger partial charge in [0.1, 0.15) is 11.7 Å². The number of rotatable bonds is 7. The summed E-state index contributed by atoms with van der Waals surface area (Å²) in [5.74, 6) is 1.44. The highest BCUT2D eigenvalue weighted by atomic mass is 16.2. The van der Waals surface area contributed by atoms with Crippen molar-refractivity contribution in [3.8, 4) is 0 Å². The number of nitrogens with two attached hydrogens (primary N) is 1. The number of aromatic nitrogens is 2. The van der Waals surface area contributed by atoms with Crippen LogP contribution in [0.2, 0.25) is 0 Å². The minimum Gasteiger partial charge on any atom is -0.384 e. The number of para-hydroxylation sites is 1. The van der Waals surface area contributed by atoms with Crippen LogP contribution >= 0.6 is 0 Å². The molecule has 3 aromatic rings. The van der Waals surface area contributed by atoms with E-state index < -0.39 is 0 Å². The molecule has 1 atom stereocenters. The number of nitrogens with one attached hydrogen (secondary N) is 1. The van der Waals surface area contributed by atoms with Gasteiger partial charge in [-0.3, -0.25) is 10.3 Å². The molecule has 5 rings (SSSR count). The Balaban J connectivity index is 1.58. The Kier molecular flexibility index (Phi) is 5.35. The SMILES string of the molecule is CC(C)CCn1c(CN2C(=O)N(C3CC3)C(C)c3ccccc32)nc2cc(C(=N)N)ccc21. The molecule has 172 valence electrons. The van der Waals surface area contributed by atoms with Crippen LogP contribution in [0.3, 0.4) is 0 Å². The number of anilines is 1. The number of hydrogen-bond donors (Lipinski definition) is 2. The fourth-order valence-corrected chi connectivity index (χ4v) is 4.87. The van der Waals surface area contributed by atoms with Crippen LogP contribution in [-0.2, 0) is 13.1 Å². The maximum atomic E-state index is 13.7. The fourth-order valence-electron chi connectivity index (χ4n) is 4.87. The van der Waals surface area contributed by atoms with Gasteiger partial charge in [-0.05, 0) is 61.9 Å². The van der Waals surface area contributed by atoms with Gasteiger partial charge in [-0.1, -0.05) is 32.0 Å². The number of benzene rings is 2. The first-order valence-corrected chi connectivity index (χ1v) is 11.9. The molecule has 1 unspecified atom stereocenters. The number of urea groups is 1. The Morgan fingerprint density at radius 3 is 2.67 bits per heavy atom. The third-order valence-corrected chi connectivity index (χ3v) is 6.85. The molecule has 2 heterocycles. The summed E-state index contributed by atoms with van der Waals surface area (Å²) in [5, 5.41) is 7.79. The summed E-state index contributed by atoms with van der Waals surface area (Å²) in [5.41, 5.74) is 10.4. The van der Waals surface area contributed by atoms with E-state index in [2.05, 4.69) is 42.4 Å². The lowest BCUT2D eigenvalue weighted by Gasteiger charge is -2.41. The zero-order chi connectivity index (χ0) is 23.3. The molecule has 1 aliphatic carbocycles. The number of amides is 2. The Morgan fingerprint density at radius 2 is 1.97 bits per heavy atom. The summed E-state index contributed by atoms with van der Waals surface area (Å²) in [7, 11) is 0. The van der Waals surface area contributed by atoms with Crippen LogP contribution in [0.1, 0.15) is 63.0 Å². The molecular formula is C26H32N6O. The zero-order valence-corrected chi connectivity index (χ0v) is 19.6. The van der Waals surface area contributed by atoms with E-state index >= 15 is 0 Å². The second kappa shape index (κ2) is 8.21. The van der Waals surface area contributed by atoms with E-state index in [0.717, 1.165) is 48.4 Å². The van der Waals surface area contributed by atoms with E-state index in [9.17, 15) is 4.79 Å². The lowest BCUT2D eigenvalue weighted by Crippen LogP contribution is -2.49. The molecule has 1 aliphatic heterocycles. The standard InChI is InChI=1S/C26H32N6O/c1-16(2)12-13-30-23-11-8-18(25(27)28)14-21(23)29-24(30)15-31-22-7-5-4-6-20(22)17(3)32(26(31)33)19-9-10-19/h4-8,11,14,16-17,19H,9-10,12-13,15H2,1-3H3,(H3,27,28). The van der Waals surface area contributed by atoms with Crippen LogP contribution in [0, 0.1) is 11.3 Å². The lowest BCUT2D eigenvalue weighted by molar-refractivity contribution is 0.176. The smallest absolute Gasteiger partial charge is 0.325 e. The predicted octanol–water partition coefficient (Wildman–Crippen LogP) is 5.03. The molecule has 2 aromatic carbocycles. The van der Waals surface area contributed by atoms with Gasteiger partial charge >= 0.3 is 6.03 Å². The summed E-state index contributed by atoms with van der Waals surface area (Å²) in [6.45, 7) is 7.80. The number of aryl methyl sites for hydroxylation is 1. The predicted molar refractivity (Wildman–Crippen MR) is 132 cm³/mol. The van der Waals surface area contributed by atoms with Gasteiger partial charge in [-0.2, -0.15) is 0 Å². The van der Waals surface area contributed by atoms with Crippen molar-refractivity contribution in [1.82, 2.24) is 14.5 Å². The summed E-state index contributed by atoms with van der Waals surface area (Å²) in [6.07, 6.45) is 3.17. The topological polar surface area (TPSA) is 91.2 Å². The van der Waals surface area contributed by atoms with Gasteiger partial charge in [0.05, 0.1) is 29.3 Å². The van der Waals surface area contributed by atoms with Crippen molar-refractivity contribution in [2.24, 2.45) is 11.7 Å². The molecule has 0 bridgehead atoms. The molecule has 0 saturated heterocycles. The Bertz CT molecular complexity index is 1220. The summed E-state index contributed by atoms with van der Waals surface area (Å²) in [6, 6.07) is 14.4. The molecule has 2 amide bonds. The van der Waals surface area contributed by atoms with E-state index in [-0.39, 0.29) is 17.9 Å². The molecule has 33 heavy (non-hydrogen) atoms. The van der Waals surface area contributed by atoms with Crippen molar-refractivity contribution < 1.29 is 4.79 Å². The van der Waals surface area contributed by atoms with Gasteiger partial charge in [0.2, 0.25) is 0 Å². The van der Waals surface area contributed by atoms with Crippen molar-refractivity contribution in [2.75, 3.05) is 4.90 Å². The maximum Gasteiger partial charge on any atom is 0.325 e. The monoisotopic (exact) mass is 444 g/mol. The molecule has 1 fully saturated rings. The first-order valence-electron chi connectivity index (χ1n) is 11.9. The molecule has 7 nitrogen and oxygen atoms in total. The maximum absolute atomic E-state index is 13.7. The normalized spacial score (nSPS) is 18.3. The molecule has 7 heteroatoms. The minimum absolute atomic E-state index is 0.0318. The average molecular weight is 445 g/mol. The number of carbonyl (C=O) groups excluding carboxylic acids is 1. The molecule has 1 saturated carbocycles. The first-order chi connectivity index (χ1) is 15.8. The lowest BCUT2D eigenvalue weighted by atomic mass is 10.0. The van der Waals surface area contributed by atoms with Crippen LogP contribution < -0.4 is 10.6 Å². The quantitative estimate of drug-likeness (QED) is 0.395. The number of nitrogen functional groups attached to an aromatic ring is 1. The second-order valence-corrected chi connectivity index (χ2v) is 9.72. The van der Waals surface area contributed by atoms with Crippen LogP contribution in [0.4, 0.5) is 10.5 Å². The Labute approximate surface area is 194 Å². The molecular weight excluding hydrogens is 412 g/mol. The molecule has 2 aliphatic rings. The van der Waals surface area contributed by atoms with Gasteiger partial charge in [-0.15, -0.1) is 0 Å². The van der Waals surface area contributed by atoms with Crippen molar-refractivity contribution in [1.29, 1.82) is 5.41 Å². The van der Waals surface area contributed by atoms with Crippen molar-refractivity contribution in [3.63, 3.8) is 0 Å². The highest BCUT2D eigenvalue weighted by Crippen LogP contribution is 2.43. The van der Waals surface area contributed by atoms with Crippen LogP contribution in [-0.4, -0.2) is 32.4 Å². The molecule has 0 spiro atoms. The fraction of sp³-hybridized carbons (Fsp3) is 0.423. The van der Waals surface area contributed by atoms with E-state index in [1.54, 1.807) is 0 Å². The van der Waals surface area contributed by atoms with Crippen molar-refractivity contribution in [2.45, 2.75) is 65.2 Å². The number of fused-ring (bicyclic) bond motifs is 2. The van der Waals surface area contributed by atoms with Gasteiger partial charge < -0.3 is 15.2 Å². The number of hydrogen-bond acceptors (Lipinski definition) is 3. The van der Waals surface area contributed by atoms with Crippen molar-refractivity contribution >= 4 is 28.6 Å². The average Bonchev–Trinajstić information content (AvgIpc) is 3.56. The molecule has 3 N–H and O–H groups in total. The highest BCUT2D eigenvalue weighted by molar-refractivity contribution is 5.98. The second-order valence-electron chi connectivity index (χ2n) is 9.72. The Morgan fingerprint density at radius 1 is 1.21 bits per heavy atom. The summed E-state index contributed by atoms with van der Waals surface area (Å²) < 4.78 is 2.23. The third-order valence-electron chi connectivity index (χ3n) is 6.85. The zero-order valence-electron chi connectivity index (χ0n) is 19.6. The van der Waals surface area contributed by atoms with Crippen LogP contribution in [0.5, 0.6) is 0 Å². The van der Waals surface area contributed by atoms with Crippen LogP contribution in [0.15, 0.2) is 42.5 Å². The van der Waals surface area contributed by atoms with E-state index in [0.29, 0.717) is 24.1 Å². The highest BCUT2D eigenvalue weighted by Gasteiger charge is 2.43. The summed E-state index contributed by atoms with van der Waals surface area (Å²) >= 11 is 0. The molecule has 0 radical (unpaired) electrons. The van der Waals surface area contributed by atoms with Gasteiger partial charge in [-0.25, -0.2) is 9.78 Å². The Hall–Kier alpha value is -3.35. The number of imidazole rings is 1. The van der Waals surface area contributed by atoms with Gasteiger partial charge in [0.15, 0.2) is 0 Å². The van der Waals surface area contributed by atoms with E-state index in [1.807, 2.05) is 35.2 Å². The van der Waals surface area contributed by atoms with Crippen LogP contribution in [0.25, 0.3) is 11.0 Å². The minimum atomic E-state index is 0.0318. The third kappa shape index (κ3) is 3.86. The van der Waals surface area contributed by atoms with Gasteiger partial charge in [0, 0.05) is 18.2 Å². The van der Waals surface area contributed by atoms with Crippen molar-refractivity contribution in [3.05, 3.63) is 59.4 Å². The van der Waals surface area contributed by atoms with Gasteiger partial charge in [0.25, 0.3) is 0 Å².